The molecule has 3 aliphatic rings. The SMILES string of the molecule is CC(=O)OC1C(OC(=O)c2ccccc2)C2C(OC(=O)/C=C/c3ccccc3)CC3C(OC(C)=O)C2(OC3(C)C)C(C)(O)C1O. The molecule has 240 valence electrons. The molecule has 9 unspecified atom stereocenters. The summed E-state index contributed by atoms with van der Waals surface area (Å²) < 4.78 is 30.1. The summed E-state index contributed by atoms with van der Waals surface area (Å²) in [7, 11) is 0. The summed E-state index contributed by atoms with van der Waals surface area (Å²) in [6.45, 7) is 7.09. The lowest BCUT2D eigenvalue weighted by molar-refractivity contribution is -0.338. The highest BCUT2D eigenvalue weighted by Gasteiger charge is 2.81. The molecule has 2 aliphatic carbocycles. The first-order valence-electron chi connectivity index (χ1n) is 14.8. The normalized spacial score (nSPS) is 34.8. The molecule has 9 atom stereocenters. The van der Waals surface area contributed by atoms with Crippen molar-refractivity contribution in [3.8, 4) is 0 Å². The van der Waals surface area contributed by atoms with E-state index in [1.165, 1.54) is 32.1 Å². The highest BCUT2D eigenvalue weighted by atomic mass is 16.6. The number of ether oxygens (including phenoxy) is 5. The Balaban J connectivity index is 1.65. The second-order valence-electron chi connectivity index (χ2n) is 12.5. The van der Waals surface area contributed by atoms with Crippen molar-refractivity contribution >= 4 is 30.0 Å². The van der Waals surface area contributed by atoms with E-state index >= 15 is 0 Å². The van der Waals surface area contributed by atoms with Crippen LogP contribution in [-0.4, -0.2) is 81.4 Å². The van der Waals surface area contributed by atoms with Gasteiger partial charge in [-0.25, -0.2) is 9.59 Å². The molecule has 0 amide bonds. The lowest BCUT2D eigenvalue weighted by Gasteiger charge is -2.61. The molecule has 1 saturated heterocycles. The Morgan fingerprint density at radius 2 is 1.44 bits per heavy atom. The number of rotatable bonds is 7. The predicted octanol–water partition coefficient (Wildman–Crippen LogP) is 3.01. The van der Waals surface area contributed by atoms with Gasteiger partial charge in [-0.3, -0.25) is 9.59 Å². The molecule has 2 aromatic rings. The molecule has 2 bridgehead atoms. The number of aliphatic hydroxyl groups excluding tert-OH is 1. The van der Waals surface area contributed by atoms with E-state index in [1.54, 1.807) is 38.1 Å². The van der Waals surface area contributed by atoms with Crippen LogP contribution in [0.15, 0.2) is 66.7 Å². The summed E-state index contributed by atoms with van der Waals surface area (Å²) in [5.74, 6) is -4.93. The van der Waals surface area contributed by atoms with E-state index in [1.807, 2.05) is 30.3 Å². The molecule has 0 aromatic heterocycles. The first-order valence-corrected chi connectivity index (χ1v) is 14.8. The maximum Gasteiger partial charge on any atom is 0.338 e. The number of aliphatic hydroxyl groups is 2. The van der Waals surface area contributed by atoms with Gasteiger partial charge in [0.15, 0.2) is 12.2 Å². The average Bonchev–Trinajstić information content (AvgIpc) is 3.13. The van der Waals surface area contributed by atoms with Crippen LogP contribution >= 0.6 is 0 Å². The minimum atomic E-state index is -2.27. The quantitative estimate of drug-likeness (QED) is 0.266. The minimum Gasteiger partial charge on any atom is -0.459 e. The van der Waals surface area contributed by atoms with Crippen molar-refractivity contribution in [1.29, 1.82) is 0 Å². The standard InChI is InChI=1S/C34H38O11/c1-19(35)41-28-27(44-31(39)22-14-10-7-11-15-22)26-24(43-25(37)17-16-21-12-8-6-9-13-21)18-23-30(42-20(2)36)34(26,45-32(23,3)4)33(5,40)29(28)38/h6-17,23-24,26-30,38,40H,18H2,1-5H3/b17-16+. The van der Waals surface area contributed by atoms with Gasteiger partial charge < -0.3 is 33.9 Å². The van der Waals surface area contributed by atoms with E-state index in [0.717, 1.165) is 12.5 Å². The molecule has 11 nitrogen and oxygen atoms in total. The molecule has 1 spiro atoms. The molecule has 1 aliphatic heterocycles. The van der Waals surface area contributed by atoms with Crippen LogP contribution in [0.3, 0.4) is 0 Å². The van der Waals surface area contributed by atoms with Crippen molar-refractivity contribution in [3.63, 3.8) is 0 Å². The van der Waals surface area contributed by atoms with Gasteiger partial charge in [0.05, 0.1) is 17.1 Å². The zero-order valence-corrected chi connectivity index (χ0v) is 25.7. The van der Waals surface area contributed by atoms with E-state index in [4.69, 9.17) is 23.7 Å². The molecular weight excluding hydrogens is 584 g/mol. The summed E-state index contributed by atoms with van der Waals surface area (Å²) >= 11 is 0. The smallest absolute Gasteiger partial charge is 0.338 e. The van der Waals surface area contributed by atoms with Crippen molar-refractivity contribution in [2.75, 3.05) is 0 Å². The van der Waals surface area contributed by atoms with Crippen LogP contribution in [0.1, 0.15) is 57.0 Å². The Bertz CT molecular complexity index is 1470. The van der Waals surface area contributed by atoms with Gasteiger partial charge in [0.25, 0.3) is 0 Å². The summed E-state index contributed by atoms with van der Waals surface area (Å²) in [6, 6.07) is 17.1. The van der Waals surface area contributed by atoms with Gasteiger partial charge in [0.1, 0.15) is 29.5 Å². The first kappa shape index (κ1) is 32.3. The third-order valence-corrected chi connectivity index (χ3v) is 9.18. The average molecular weight is 623 g/mol. The van der Waals surface area contributed by atoms with Crippen LogP contribution in [0.2, 0.25) is 0 Å². The number of carbonyl (C=O) groups is 4. The zero-order valence-electron chi connectivity index (χ0n) is 25.7. The van der Waals surface area contributed by atoms with Crippen molar-refractivity contribution in [1.82, 2.24) is 0 Å². The Labute approximate surface area is 261 Å². The summed E-state index contributed by atoms with van der Waals surface area (Å²) in [6.07, 6.45) is -4.38. The number of fused-ring (bicyclic) bond motifs is 1. The molecule has 1 heterocycles. The molecule has 0 radical (unpaired) electrons. The number of carbonyl (C=O) groups excluding carboxylic acids is 4. The van der Waals surface area contributed by atoms with E-state index in [-0.39, 0.29) is 12.0 Å². The molecule has 2 saturated carbocycles. The second-order valence-corrected chi connectivity index (χ2v) is 12.5. The lowest BCUT2D eigenvalue weighted by atomic mass is 9.53. The Hall–Kier alpha value is -4.06. The Kier molecular flexibility index (Phi) is 8.65. The van der Waals surface area contributed by atoms with Crippen LogP contribution in [0, 0.1) is 11.8 Å². The first-order chi connectivity index (χ1) is 21.2. The van der Waals surface area contributed by atoms with E-state index in [0.29, 0.717) is 0 Å². The fourth-order valence-electron chi connectivity index (χ4n) is 7.31. The van der Waals surface area contributed by atoms with Crippen molar-refractivity contribution in [3.05, 3.63) is 77.9 Å². The van der Waals surface area contributed by atoms with Gasteiger partial charge in [0.2, 0.25) is 0 Å². The van der Waals surface area contributed by atoms with Crippen LogP contribution in [-0.2, 0) is 38.1 Å². The fourth-order valence-corrected chi connectivity index (χ4v) is 7.31. The second kappa shape index (κ2) is 12.0. The van der Waals surface area contributed by atoms with Gasteiger partial charge >= 0.3 is 23.9 Å². The highest BCUT2D eigenvalue weighted by Crippen LogP contribution is 2.63. The maximum absolute atomic E-state index is 13.5. The van der Waals surface area contributed by atoms with Crippen molar-refractivity contribution in [2.24, 2.45) is 11.8 Å². The third-order valence-electron chi connectivity index (χ3n) is 9.18. The zero-order chi connectivity index (χ0) is 32.7. The van der Waals surface area contributed by atoms with E-state index in [9.17, 15) is 29.4 Å². The largest absolute Gasteiger partial charge is 0.459 e. The molecular formula is C34H38O11. The topological polar surface area (TPSA) is 155 Å². The fraction of sp³-hybridized carbons (Fsp3) is 0.471. The molecule has 11 heteroatoms. The van der Waals surface area contributed by atoms with Gasteiger partial charge in [0, 0.05) is 25.8 Å². The van der Waals surface area contributed by atoms with Crippen LogP contribution in [0.5, 0.6) is 0 Å². The molecule has 2 aromatic carbocycles. The lowest BCUT2D eigenvalue weighted by Crippen LogP contribution is -2.81. The van der Waals surface area contributed by atoms with Gasteiger partial charge in [-0.15, -0.1) is 0 Å². The molecule has 3 fully saturated rings. The van der Waals surface area contributed by atoms with Crippen LogP contribution in [0.4, 0.5) is 0 Å². The summed E-state index contributed by atoms with van der Waals surface area (Å²) in [4.78, 5) is 51.6. The van der Waals surface area contributed by atoms with Gasteiger partial charge in [-0.05, 0) is 51.0 Å². The van der Waals surface area contributed by atoms with Gasteiger partial charge in [-0.2, -0.15) is 0 Å². The monoisotopic (exact) mass is 622 g/mol. The van der Waals surface area contributed by atoms with Crippen LogP contribution < -0.4 is 0 Å². The van der Waals surface area contributed by atoms with Crippen molar-refractivity contribution < 1.29 is 53.1 Å². The van der Waals surface area contributed by atoms with Crippen LogP contribution in [0.25, 0.3) is 6.08 Å². The number of hydrogen-bond acceptors (Lipinski definition) is 11. The van der Waals surface area contributed by atoms with Gasteiger partial charge in [-0.1, -0.05) is 48.5 Å². The molecule has 45 heavy (non-hydrogen) atoms. The number of hydrogen-bond donors (Lipinski definition) is 2. The molecule has 2 N–H and O–H groups in total. The third kappa shape index (κ3) is 5.76. The Morgan fingerprint density at radius 1 is 0.844 bits per heavy atom. The summed E-state index contributed by atoms with van der Waals surface area (Å²) in [5, 5.41) is 23.9. The molecule has 5 rings (SSSR count). The highest BCUT2D eigenvalue weighted by molar-refractivity contribution is 5.89. The maximum atomic E-state index is 13.5. The Morgan fingerprint density at radius 3 is 2.04 bits per heavy atom. The summed E-state index contributed by atoms with van der Waals surface area (Å²) in [5.41, 5.74) is -4.41. The number of benzene rings is 2. The van der Waals surface area contributed by atoms with E-state index in [2.05, 4.69) is 0 Å². The van der Waals surface area contributed by atoms with E-state index < -0.39 is 83.0 Å². The minimum absolute atomic E-state index is 0.0701. The predicted molar refractivity (Wildman–Crippen MR) is 158 cm³/mol. The van der Waals surface area contributed by atoms with Crippen molar-refractivity contribution in [2.45, 2.75) is 88.4 Å². The number of esters is 4.